The normalized spacial score (nSPS) is 12.3. The Hall–Kier alpha value is -3.36. The van der Waals surface area contributed by atoms with Crippen LogP contribution < -0.4 is 10.6 Å². The predicted molar refractivity (Wildman–Crippen MR) is 99.9 cm³/mol. The molecular formula is C17H13F6N3O5S. The summed E-state index contributed by atoms with van der Waals surface area (Å²) in [5.41, 5.74) is -5.24. The highest BCUT2D eigenvalue weighted by Crippen LogP contribution is 2.35. The molecule has 0 unspecified atom stereocenters. The fraction of sp³-hybridized carbons (Fsp3) is 0.235. The summed E-state index contributed by atoms with van der Waals surface area (Å²) in [6, 6.07) is 1.21. The lowest BCUT2D eigenvalue weighted by Gasteiger charge is -2.15. The van der Waals surface area contributed by atoms with Crippen molar-refractivity contribution in [1.82, 2.24) is 0 Å². The van der Waals surface area contributed by atoms with Gasteiger partial charge in [-0.15, -0.1) is 0 Å². The van der Waals surface area contributed by atoms with Crippen LogP contribution in [0.25, 0.3) is 0 Å². The van der Waals surface area contributed by atoms with Gasteiger partial charge in [0, 0.05) is 17.8 Å². The monoisotopic (exact) mass is 485 g/mol. The minimum Gasteiger partial charge on any atom is -0.307 e. The Labute approximate surface area is 176 Å². The lowest BCUT2D eigenvalue weighted by atomic mass is 10.1. The number of amides is 2. The average molecular weight is 485 g/mol. The van der Waals surface area contributed by atoms with Crippen molar-refractivity contribution in [3.8, 4) is 0 Å². The number of sulfone groups is 1. The average Bonchev–Trinajstić information content (AvgIpc) is 2.66. The maximum atomic E-state index is 13.0. The van der Waals surface area contributed by atoms with E-state index in [1.165, 1.54) is 6.92 Å². The molecule has 0 aliphatic carbocycles. The molecule has 0 aliphatic heterocycles. The Morgan fingerprint density at radius 3 is 2.06 bits per heavy atom. The van der Waals surface area contributed by atoms with E-state index in [-0.39, 0.29) is 6.07 Å². The van der Waals surface area contributed by atoms with Crippen LogP contribution in [0.4, 0.5) is 48.2 Å². The van der Waals surface area contributed by atoms with Gasteiger partial charge in [-0.25, -0.2) is 13.2 Å². The molecule has 15 heteroatoms. The second-order valence-electron chi connectivity index (χ2n) is 6.21. The van der Waals surface area contributed by atoms with E-state index in [1.807, 2.05) is 10.6 Å². The van der Waals surface area contributed by atoms with E-state index in [0.717, 1.165) is 0 Å². The molecule has 174 valence electrons. The molecule has 0 heterocycles. The molecule has 0 fully saturated rings. The zero-order chi connectivity index (χ0) is 24.5. The van der Waals surface area contributed by atoms with Crippen LogP contribution in [0, 0.1) is 10.1 Å². The van der Waals surface area contributed by atoms with Crippen LogP contribution in [0.2, 0.25) is 0 Å². The van der Waals surface area contributed by atoms with Crippen LogP contribution in [0.1, 0.15) is 18.1 Å². The van der Waals surface area contributed by atoms with E-state index in [2.05, 4.69) is 0 Å². The molecule has 0 aliphatic rings. The summed E-state index contributed by atoms with van der Waals surface area (Å²) in [5, 5.41) is 14.5. The zero-order valence-corrected chi connectivity index (χ0v) is 16.7. The topological polar surface area (TPSA) is 118 Å². The second kappa shape index (κ2) is 8.64. The number of nitrogens with zero attached hydrogens (tertiary/aromatic N) is 1. The van der Waals surface area contributed by atoms with Gasteiger partial charge in [0.1, 0.15) is 0 Å². The van der Waals surface area contributed by atoms with E-state index < -0.39 is 72.0 Å². The van der Waals surface area contributed by atoms with Crippen LogP contribution in [0.5, 0.6) is 0 Å². The minimum atomic E-state index is -5.00. The molecule has 0 saturated heterocycles. The van der Waals surface area contributed by atoms with Crippen molar-refractivity contribution in [3.63, 3.8) is 0 Å². The molecule has 2 N–H and O–H groups in total. The summed E-state index contributed by atoms with van der Waals surface area (Å²) in [4.78, 5) is 21.3. The predicted octanol–water partition coefficient (Wildman–Crippen LogP) is 5.07. The summed E-state index contributed by atoms with van der Waals surface area (Å²) >= 11 is 0. The Bertz CT molecular complexity index is 1160. The number of alkyl halides is 6. The highest BCUT2D eigenvalue weighted by atomic mass is 32.2. The van der Waals surface area contributed by atoms with Gasteiger partial charge in [0.05, 0.1) is 32.4 Å². The summed E-state index contributed by atoms with van der Waals surface area (Å²) in [6.07, 6.45) is -9.88. The molecule has 0 atom stereocenters. The van der Waals surface area contributed by atoms with Crippen molar-refractivity contribution in [2.75, 3.05) is 16.4 Å². The number of nitro benzene ring substituents is 1. The largest absolute Gasteiger partial charge is 0.416 e. The number of hydrogen-bond donors (Lipinski definition) is 2. The fourth-order valence-corrected chi connectivity index (χ4v) is 3.50. The second-order valence-corrected chi connectivity index (χ2v) is 8.46. The first-order valence-corrected chi connectivity index (χ1v) is 10.1. The van der Waals surface area contributed by atoms with Crippen LogP contribution >= 0.6 is 0 Å². The Morgan fingerprint density at radius 2 is 1.56 bits per heavy atom. The zero-order valence-electron chi connectivity index (χ0n) is 15.8. The number of urea groups is 1. The Morgan fingerprint density at radius 1 is 0.969 bits per heavy atom. The van der Waals surface area contributed by atoms with Gasteiger partial charge in [-0.2, -0.15) is 26.3 Å². The number of anilines is 2. The lowest BCUT2D eigenvalue weighted by Crippen LogP contribution is -2.22. The number of rotatable bonds is 5. The molecule has 0 bridgehead atoms. The number of hydrogen-bond acceptors (Lipinski definition) is 5. The maximum Gasteiger partial charge on any atom is 0.416 e. The first-order valence-electron chi connectivity index (χ1n) is 8.43. The van der Waals surface area contributed by atoms with Gasteiger partial charge in [-0.3, -0.25) is 10.1 Å². The number of halogens is 6. The standard InChI is InChI=1S/C17H13F6N3O5S/c1-2-32(30,31)14-4-3-9(16(18,19)20)7-13(14)25-15(27)24-11-5-10(17(21,22)23)6-12(8-11)26(28)29/h3-8H,2H2,1H3,(H2,24,25,27). The molecule has 2 rings (SSSR count). The van der Waals surface area contributed by atoms with Crippen molar-refractivity contribution in [1.29, 1.82) is 0 Å². The number of carbonyl (C=O) groups is 1. The molecule has 2 amide bonds. The van der Waals surface area contributed by atoms with Gasteiger partial charge in [0.2, 0.25) is 0 Å². The summed E-state index contributed by atoms with van der Waals surface area (Å²) in [5.74, 6) is -0.519. The minimum absolute atomic E-state index is 0.224. The molecule has 0 aromatic heterocycles. The summed E-state index contributed by atoms with van der Waals surface area (Å²) < 4.78 is 102. The number of benzene rings is 2. The van der Waals surface area contributed by atoms with E-state index >= 15 is 0 Å². The smallest absolute Gasteiger partial charge is 0.307 e. The molecular weight excluding hydrogens is 472 g/mol. The molecule has 2 aromatic carbocycles. The van der Waals surface area contributed by atoms with Gasteiger partial charge in [0.25, 0.3) is 5.69 Å². The van der Waals surface area contributed by atoms with Gasteiger partial charge in [-0.1, -0.05) is 6.92 Å². The van der Waals surface area contributed by atoms with Gasteiger partial charge < -0.3 is 10.6 Å². The third kappa shape index (κ3) is 5.87. The molecule has 8 nitrogen and oxygen atoms in total. The van der Waals surface area contributed by atoms with E-state index in [0.29, 0.717) is 30.3 Å². The quantitative estimate of drug-likeness (QED) is 0.348. The van der Waals surface area contributed by atoms with Crippen molar-refractivity contribution >= 4 is 32.9 Å². The van der Waals surface area contributed by atoms with Gasteiger partial charge in [0.15, 0.2) is 9.84 Å². The summed E-state index contributed by atoms with van der Waals surface area (Å²) in [6.45, 7) is 1.21. The molecule has 32 heavy (non-hydrogen) atoms. The summed E-state index contributed by atoms with van der Waals surface area (Å²) in [7, 11) is -4.10. The number of nitrogens with one attached hydrogen (secondary N) is 2. The lowest BCUT2D eigenvalue weighted by molar-refractivity contribution is -0.385. The first kappa shape index (κ1) is 24.9. The SMILES string of the molecule is CCS(=O)(=O)c1ccc(C(F)(F)F)cc1NC(=O)Nc1cc([N+](=O)[O-])cc(C(F)(F)F)c1. The van der Waals surface area contributed by atoms with Gasteiger partial charge in [-0.05, 0) is 24.3 Å². The van der Waals surface area contributed by atoms with Crippen LogP contribution in [-0.2, 0) is 22.2 Å². The van der Waals surface area contributed by atoms with Crippen molar-refractivity contribution < 1.29 is 44.5 Å². The third-order valence-corrected chi connectivity index (χ3v) is 5.77. The van der Waals surface area contributed by atoms with E-state index in [1.54, 1.807) is 0 Å². The first-order chi connectivity index (χ1) is 14.5. The maximum absolute atomic E-state index is 13.0. The highest BCUT2D eigenvalue weighted by Gasteiger charge is 2.34. The molecule has 2 aromatic rings. The van der Waals surface area contributed by atoms with E-state index in [9.17, 15) is 49.7 Å². The number of nitro groups is 1. The van der Waals surface area contributed by atoms with Crippen LogP contribution in [0.3, 0.4) is 0 Å². The van der Waals surface area contributed by atoms with Crippen molar-refractivity contribution in [2.24, 2.45) is 0 Å². The third-order valence-electron chi connectivity index (χ3n) is 3.98. The van der Waals surface area contributed by atoms with Crippen LogP contribution in [0.15, 0.2) is 41.3 Å². The van der Waals surface area contributed by atoms with Crippen molar-refractivity contribution in [3.05, 3.63) is 57.6 Å². The molecule has 0 radical (unpaired) electrons. The van der Waals surface area contributed by atoms with Gasteiger partial charge >= 0.3 is 18.4 Å². The number of carbonyl (C=O) groups excluding carboxylic acids is 1. The highest BCUT2D eigenvalue weighted by molar-refractivity contribution is 7.91. The van der Waals surface area contributed by atoms with E-state index in [4.69, 9.17) is 0 Å². The Kier molecular flexibility index (Phi) is 6.73. The molecule has 0 spiro atoms. The Balaban J connectivity index is 2.45. The fourth-order valence-electron chi connectivity index (χ4n) is 2.47. The van der Waals surface area contributed by atoms with Crippen molar-refractivity contribution in [2.45, 2.75) is 24.2 Å². The number of non-ortho nitro benzene ring substituents is 1. The molecule has 0 saturated carbocycles. The van der Waals surface area contributed by atoms with Crippen LogP contribution in [-0.4, -0.2) is 25.1 Å².